The highest BCUT2D eigenvalue weighted by molar-refractivity contribution is 7.90. The molecule has 8 heteroatoms. The summed E-state index contributed by atoms with van der Waals surface area (Å²) in [6, 6.07) is 2.45. The van der Waals surface area contributed by atoms with Gasteiger partial charge < -0.3 is 5.11 Å². The zero-order valence-electron chi connectivity index (χ0n) is 10.3. The van der Waals surface area contributed by atoms with Gasteiger partial charge in [-0.05, 0) is 26.0 Å². The van der Waals surface area contributed by atoms with Gasteiger partial charge >= 0.3 is 16.2 Å². The van der Waals surface area contributed by atoms with Gasteiger partial charge in [-0.15, -0.1) is 0 Å². The molecule has 100 valence electrons. The second-order valence-electron chi connectivity index (χ2n) is 3.92. The highest BCUT2D eigenvalue weighted by Gasteiger charge is 2.23. The largest absolute Gasteiger partial charge is 0.478 e. The maximum absolute atomic E-state index is 11.9. The Morgan fingerprint density at radius 2 is 2.11 bits per heavy atom. The molecule has 0 aliphatic heterocycles. The third-order valence-corrected chi connectivity index (χ3v) is 4.00. The molecule has 18 heavy (non-hydrogen) atoms. The van der Waals surface area contributed by atoms with Crippen molar-refractivity contribution in [1.82, 2.24) is 9.29 Å². The Morgan fingerprint density at radius 1 is 1.50 bits per heavy atom. The van der Waals surface area contributed by atoms with E-state index in [0.29, 0.717) is 0 Å². The van der Waals surface area contributed by atoms with Crippen molar-refractivity contribution in [3.05, 3.63) is 23.9 Å². The van der Waals surface area contributed by atoms with Crippen LogP contribution in [-0.4, -0.2) is 41.9 Å². The second kappa shape index (κ2) is 5.32. The van der Waals surface area contributed by atoms with Crippen LogP contribution >= 0.6 is 0 Å². The number of nitrogens with zero attached hydrogens (tertiary/aromatic N) is 2. The lowest BCUT2D eigenvalue weighted by Gasteiger charge is -2.21. The first kappa shape index (κ1) is 14.4. The molecule has 0 aromatic carbocycles. The molecule has 0 spiro atoms. The number of carbonyl (C=O) groups is 1. The molecular formula is C10H15N3O4S. The first-order valence-corrected chi connectivity index (χ1v) is 6.64. The Balaban J connectivity index is 3.09. The van der Waals surface area contributed by atoms with Crippen LogP contribution in [0.1, 0.15) is 24.2 Å². The summed E-state index contributed by atoms with van der Waals surface area (Å²) in [4.78, 5) is 14.7. The number of aromatic nitrogens is 1. The van der Waals surface area contributed by atoms with Crippen LogP contribution in [0.3, 0.4) is 0 Å². The number of hydrogen-bond acceptors (Lipinski definition) is 4. The summed E-state index contributed by atoms with van der Waals surface area (Å²) in [5, 5.41) is 8.92. The summed E-state index contributed by atoms with van der Waals surface area (Å²) < 4.78 is 27.0. The van der Waals surface area contributed by atoms with Crippen molar-refractivity contribution >= 4 is 22.0 Å². The van der Waals surface area contributed by atoms with Crippen LogP contribution < -0.4 is 4.72 Å². The molecule has 0 unspecified atom stereocenters. The summed E-state index contributed by atoms with van der Waals surface area (Å²) in [7, 11) is -2.41. The second-order valence-corrected chi connectivity index (χ2v) is 5.65. The zero-order chi connectivity index (χ0) is 13.9. The lowest BCUT2D eigenvalue weighted by atomic mass is 10.3. The molecule has 0 fully saturated rings. The number of nitrogens with one attached hydrogen (secondary N) is 1. The van der Waals surface area contributed by atoms with Crippen LogP contribution in [0.2, 0.25) is 0 Å². The van der Waals surface area contributed by atoms with Crippen molar-refractivity contribution in [1.29, 1.82) is 0 Å². The van der Waals surface area contributed by atoms with Crippen molar-refractivity contribution < 1.29 is 18.3 Å². The van der Waals surface area contributed by atoms with Crippen molar-refractivity contribution in [3.8, 4) is 0 Å². The van der Waals surface area contributed by atoms with E-state index in [-0.39, 0.29) is 17.4 Å². The topological polar surface area (TPSA) is 99.6 Å². The van der Waals surface area contributed by atoms with Gasteiger partial charge in [0.15, 0.2) is 5.82 Å². The Morgan fingerprint density at radius 3 is 2.61 bits per heavy atom. The van der Waals surface area contributed by atoms with Gasteiger partial charge in [0.25, 0.3) is 0 Å². The number of aromatic carboxylic acids is 1. The van der Waals surface area contributed by atoms with Crippen LogP contribution in [-0.2, 0) is 10.2 Å². The summed E-state index contributed by atoms with van der Waals surface area (Å²) in [6.07, 6.45) is 1.32. The minimum Gasteiger partial charge on any atom is -0.478 e. The smallest absolute Gasteiger partial charge is 0.339 e. The van der Waals surface area contributed by atoms with E-state index < -0.39 is 16.2 Å². The number of anilines is 1. The molecule has 1 heterocycles. The minimum absolute atomic E-state index is 0.196. The molecule has 0 radical (unpaired) electrons. The zero-order valence-corrected chi connectivity index (χ0v) is 11.1. The van der Waals surface area contributed by atoms with Crippen molar-refractivity contribution in [2.24, 2.45) is 0 Å². The Hall–Kier alpha value is -1.67. The van der Waals surface area contributed by atoms with Gasteiger partial charge in [-0.3, -0.25) is 4.72 Å². The molecule has 0 saturated carbocycles. The minimum atomic E-state index is -3.81. The van der Waals surface area contributed by atoms with E-state index in [1.54, 1.807) is 13.8 Å². The highest BCUT2D eigenvalue weighted by Crippen LogP contribution is 2.15. The lowest BCUT2D eigenvalue weighted by molar-refractivity contribution is 0.0697. The number of pyridine rings is 1. The normalized spacial score (nSPS) is 11.8. The van der Waals surface area contributed by atoms with Crippen molar-refractivity contribution in [2.75, 3.05) is 11.8 Å². The van der Waals surface area contributed by atoms with E-state index in [2.05, 4.69) is 9.71 Å². The maximum Gasteiger partial charge on any atom is 0.339 e. The molecule has 0 amide bonds. The van der Waals surface area contributed by atoms with E-state index in [0.717, 1.165) is 4.31 Å². The van der Waals surface area contributed by atoms with Gasteiger partial charge in [-0.25, -0.2) is 9.78 Å². The van der Waals surface area contributed by atoms with Gasteiger partial charge in [0.05, 0.1) is 0 Å². The third kappa shape index (κ3) is 3.17. The first-order chi connectivity index (χ1) is 8.25. The summed E-state index contributed by atoms with van der Waals surface area (Å²) in [5.41, 5.74) is -0.196. The standard InChI is InChI=1S/C10H15N3O4S/c1-7(2)13(3)18(16,17)12-9-8(10(14)15)5-4-6-11-9/h4-7H,1-3H3,(H,11,12)(H,14,15). The van der Waals surface area contributed by atoms with Crippen LogP contribution in [0, 0.1) is 0 Å². The molecule has 0 bridgehead atoms. The maximum atomic E-state index is 11.9. The van der Waals surface area contributed by atoms with Crippen LogP contribution in [0.25, 0.3) is 0 Å². The monoisotopic (exact) mass is 273 g/mol. The molecule has 0 atom stereocenters. The Kier molecular flexibility index (Phi) is 4.25. The average Bonchev–Trinajstić information content (AvgIpc) is 2.27. The molecule has 7 nitrogen and oxygen atoms in total. The Labute approximate surface area is 106 Å². The molecule has 2 N–H and O–H groups in total. The van der Waals surface area contributed by atoms with E-state index in [1.165, 1.54) is 25.4 Å². The molecule has 1 aromatic heterocycles. The Bertz CT molecular complexity index is 542. The fourth-order valence-electron chi connectivity index (χ4n) is 1.13. The predicted octanol–water partition coefficient (Wildman–Crippen LogP) is 0.777. The number of carboxylic acids is 1. The van der Waals surface area contributed by atoms with E-state index in [4.69, 9.17) is 5.11 Å². The van der Waals surface area contributed by atoms with Gasteiger partial charge in [-0.2, -0.15) is 12.7 Å². The van der Waals surface area contributed by atoms with Gasteiger partial charge in [0, 0.05) is 19.3 Å². The summed E-state index contributed by atoms with van der Waals surface area (Å²) in [5.74, 6) is -1.44. The van der Waals surface area contributed by atoms with Gasteiger partial charge in [0.2, 0.25) is 0 Å². The predicted molar refractivity (Wildman–Crippen MR) is 66.6 cm³/mol. The molecule has 1 aromatic rings. The highest BCUT2D eigenvalue weighted by atomic mass is 32.2. The molecule has 1 rings (SSSR count). The molecule has 0 saturated heterocycles. The third-order valence-electron chi connectivity index (χ3n) is 2.37. The number of hydrogen-bond donors (Lipinski definition) is 2. The summed E-state index contributed by atoms with van der Waals surface area (Å²) in [6.45, 7) is 3.41. The fourth-order valence-corrected chi connectivity index (χ4v) is 2.24. The molecule has 0 aliphatic carbocycles. The molecule has 0 aliphatic rings. The fraction of sp³-hybridized carbons (Fsp3) is 0.400. The average molecular weight is 273 g/mol. The number of carboxylic acid groups (broad SMARTS) is 1. The molecular weight excluding hydrogens is 258 g/mol. The van der Waals surface area contributed by atoms with Gasteiger partial charge in [-0.1, -0.05) is 0 Å². The SMILES string of the molecule is CC(C)N(C)S(=O)(=O)Nc1ncccc1C(=O)O. The van der Waals surface area contributed by atoms with Crippen molar-refractivity contribution in [2.45, 2.75) is 19.9 Å². The van der Waals surface area contributed by atoms with Crippen LogP contribution in [0.15, 0.2) is 18.3 Å². The van der Waals surface area contributed by atoms with E-state index in [9.17, 15) is 13.2 Å². The van der Waals surface area contributed by atoms with Crippen LogP contribution in [0.4, 0.5) is 5.82 Å². The lowest BCUT2D eigenvalue weighted by Crippen LogP contribution is -2.37. The van der Waals surface area contributed by atoms with Crippen LogP contribution in [0.5, 0.6) is 0 Å². The summed E-state index contributed by atoms with van der Waals surface area (Å²) >= 11 is 0. The van der Waals surface area contributed by atoms with Gasteiger partial charge in [0.1, 0.15) is 5.56 Å². The number of rotatable bonds is 5. The quantitative estimate of drug-likeness (QED) is 0.825. The first-order valence-electron chi connectivity index (χ1n) is 5.20. The van der Waals surface area contributed by atoms with E-state index >= 15 is 0 Å². The van der Waals surface area contributed by atoms with E-state index in [1.807, 2.05) is 0 Å². The van der Waals surface area contributed by atoms with Crippen molar-refractivity contribution in [3.63, 3.8) is 0 Å².